The highest BCUT2D eigenvalue weighted by Crippen LogP contribution is 2.18. The van der Waals surface area contributed by atoms with Crippen LogP contribution in [0.25, 0.3) is 0 Å². The molecule has 0 saturated carbocycles. The fourth-order valence-electron chi connectivity index (χ4n) is 6.27. The van der Waals surface area contributed by atoms with Crippen molar-refractivity contribution in [1.82, 2.24) is 29.4 Å². The molecule has 1 aromatic rings. The minimum absolute atomic E-state index is 0.0684. The van der Waals surface area contributed by atoms with Crippen LogP contribution in [0.2, 0.25) is 0 Å². The van der Waals surface area contributed by atoms with Crippen molar-refractivity contribution in [2.24, 2.45) is 0 Å². The second kappa shape index (κ2) is 22.7. The van der Waals surface area contributed by atoms with Gasteiger partial charge in [0, 0.05) is 89.3 Å². The Balaban J connectivity index is 2.59. The van der Waals surface area contributed by atoms with Crippen molar-refractivity contribution < 1.29 is 59.4 Å². The maximum Gasteiger partial charge on any atom is 0.317 e. The Morgan fingerprint density at radius 1 is 0.519 bits per heavy atom. The summed E-state index contributed by atoms with van der Waals surface area (Å²) in [7, 11) is 0. The van der Waals surface area contributed by atoms with Gasteiger partial charge in [0.1, 0.15) is 0 Å². The van der Waals surface area contributed by atoms with Crippen LogP contribution >= 0.6 is 0 Å². The van der Waals surface area contributed by atoms with Gasteiger partial charge in [-0.2, -0.15) is 0 Å². The average Bonchev–Trinajstić information content (AvgIpc) is 3.02. The molecular weight excluding hydrogens is 710 g/mol. The van der Waals surface area contributed by atoms with Crippen LogP contribution in [-0.2, 0) is 35.2 Å². The zero-order chi connectivity index (χ0) is 40.4. The number of benzene rings is 1. The molecule has 1 heterocycles. The Kier molecular flexibility index (Phi) is 19.3. The molecular formula is C35H57N7O12. The highest BCUT2D eigenvalue weighted by molar-refractivity contribution is 5.71. The first-order chi connectivity index (χ1) is 25.3. The molecule has 0 radical (unpaired) electrons. The van der Waals surface area contributed by atoms with Gasteiger partial charge < -0.3 is 36.0 Å². The van der Waals surface area contributed by atoms with Gasteiger partial charge in [-0.3, -0.25) is 58.2 Å². The second-order valence-electron chi connectivity index (χ2n) is 14.6. The first kappa shape index (κ1) is 45.8. The molecule has 1 aliphatic rings. The van der Waals surface area contributed by atoms with E-state index in [0.29, 0.717) is 6.42 Å². The first-order valence-corrected chi connectivity index (χ1v) is 17.8. The quantitative estimate of drug-likeness (QED) is 0.115. The smallest absolute Gasteiger partial charge is 0.317 e. The van der Waals surface area contributed by atoms with Crippen molar-refractivity contribution in [3.8, 4) is 0 Å². The number of aliphatic carboxylic acids is 6. The van der Waals surface area contributed by atoms with Gasteiger partial charge in [-0.15, -0.1) is 0 Å². The third kappa shape index (κ3) is 20.2. The SMILES string of the molecule is CC(C)(C)Nc1ccc(CC2CN(CC(=O)O)CCN(CC(=O)O)CCN(CC(=O)O)CCN(CC(=O)O)CCN(CC(=O)O)CCN2CC(=O)O)cc1. The number of nitrogens with zero attached hydrogens (tertiary/aromatic N) is 6. The van der Waals surface area contributed by atoms with Crippen molar-refractivity contribution in [2.75, 3.05) is 117 Å². The molecule has 2 rings (SSSR count). The molecule has 1 atom stereocenters. The molecule has 304 valence electrons. The molecule has 54 heavy (non-hydrogen) atoms. The van der Waals surface area contributed by atoms with Gasteiger partial charge >= 0.3 is 35.8 Å². The van der Waals surface area contributed by atoms with E-state index in [9.17, 15) is 59.4 Å². The summed E-state index contributed by atoms with van der Waals surface area (Å²) in [5.41, 5.74) is 1.51. The summed E-state index contributed by atoms with van der Waals surface area (Å²) in [5.74, 6) is -6.84. The normalized spacial score (nSPS) is 19.4. The van der Waals surface area contributed by atoms with E-state index in [-0.39, 0.29) is 77.5 Å². The molecule has 19 heteroatoms. The lowest BCUT2D eigenvalue weighted by Crippen LogP contribution is -2.52. The van der Waals surface area contributed by atoms with Crippen LogP contribution in [-0.4, -0.2) is 219 Å². The number of hydrogen-bond acceptors (Lipinski definition) is 13. The molecule has 0 aliphatic carbocycles. The summed E-state index contributed by atoms with van der Waals surface area (Å²) in [5, 5.41) is 61.8. The Morgan fingerprint density at radius 3 is 1.17 bits per heavy atom. The Bertz CT molecular complexity index is 1390. The number of carbonyl (C=O) groups is 6. The largest absolute Gasteiger partial charge is 0.480 e. The summed E-state index contributed by atoms with van der Waals surface area (Å²) in [6, 6.07) is 6.99. The number of anilines is 1. The third-order valence-corrected chi connectivity index (χ3v) is 8.70. The molecule has 1 aliphatic heterocycles. The van der Waals surface area contributed by atoms with Crippen LogP contribution in [0.1, 0.15) is 26.3 Å². The van der Waals surface area contributed by atoms with Gasteiger partial charge in [-0.25, -0.2) is 0 Å². The van der Waals surface area contributed by atoms with Gasteiger partial charge in [0.25, 0.3) is 0 Å². The lowest BCUT2D eigenvalue weighted by atomic mass is 10.0. The van der Waals surface area contributed by atoms with E-state index in [0.717, 1.165) is 11.3 Å². The van der Waals surface area contributed by atoms with Crippen LogP contribution in [0, 0.1) is 0 Å². The topological polar surface area (TPSA) is 255 Å². The van der Waals surface area contributed by atoms with Gasteiger partial charge in [0.05, 0.1) is 39.3 Å². The monoisotopic (exact) mass is 767 g/mol. The Hall–Kier alpha value is -4.40. The molecule has 7 N–H and O–H groups in total. The van der Waals surface area contributed by atoms with Crippen LogP contribution in [0.5, 0.6) is 0 Å². The summed E-state index contributed by atoms with van der Waals surface area (Å²) < 4.78 is 0. The van der Waals surface area contributed by atoms with Gasteiger partial charge in [0.15, 0.2) is 0 Å². The predicted molar refractivity (Wildman–Crippen MR) is 197 cm³/mol. The predicted octanol–water partition coefficient (Wildman–Crippen LogP) is -0.859. The van der Waals surface area contributed by atoms with Crippen molar-refractivity contribution >= 4 is 41.5 Å². The number of carboxylic acid groups (broad SMARTS) is 6. The Labute approximate surface area is 315 Å². The van der Waals surface area contributed by atoms with Gasteiger partial charge in [-0.1, -0.05) is 12.1 Å². The van der Waals surface area contributed by atoms with Crippen LogP contribution in [0.3, 0.4) is 0 Å². The minimum Gasteiger partial charge on any atom is -0.480 e. The lowest BCUT2D eigenvalue weighted by Gasteiger charge is -2.37. The molecule has 1 fully saturated rings. The maximum absolute atomic E-state index is 12.2. The van der Waals surface area contributed by atoms with E-state index >= 15 is 0 Å². The molecule has 1 aromatic carbocycles. The standard InChI is InChI=1S/C35H57N7O12/c1-35(2,3)36-27-6-4-26(5-7-27)18-28-19-41(24-33(51)52)15-14-39(22-31(47)48)11-10-37(20-29(43)44)8-9-38(21-30(45)46)12-13-40(23-32(49)50)16-17-42(28)25-34(53)54/h4-7,28,36H,8-25H2,1-3H3,(H,43,44)(H,45,46)(H,47,48)(H,49,50)(H,51,52)(H,53,54). The van der Waals surface area contributed by atoms with Crippen molar-refractivity contribution in [2.45, 2.75) is 38.8 Å². The number of rotatable bonds is 15. The van der Waals surface area contributed by atoms with Crippen LogP contribution in [0.4, 0.5) is 5.69 Å². The fraction of sp³-hybridized carbons (Fsp3) is 0.657. The minimum atomic E-state index is -1.15. The highest BCUT2D eigenvalue weighted by Gasteiger charge is 2.27. The number of carboxylic acids is 6. The van der Waals surface area contributed by atoms with E-state index < -0.39 is 81.1 Å². The fourth-order valence-corrected chi connectivity index (χ4v) is 6.27. The summed E-state index contributed by atoms with van der Waals surface area (Å²) in [6.45, 7) is 4.64. The summed E-state index contributed by atoms with van der Waals surface area (Å²) in [6.07, 6.45) is 0.299. The van der Waals surface area contributed by atoms with E-state index in [1.807, 2.05) is 45.0 Å². The molecule has 0 bridgehead atoms. The lowest BCUT2D eigenvalue weighted by molar-refractivity contribution is -0.141. The van der Waals surface area contributed by atoms with Crippen molar-refractivity contribution in [3.63, 3.8) is 0 Å². The third-order valence-electron chi connectivity index (χ3n) is 8.70. The van der Waals surface area contributed by atoms with E-state index in [1.54, 1.807) is 29.4 Å². The van der Waals surface area contributed by atoms with E-state index in [1.165, 1.54) is 0 Å². The zero-order valence-electron chi connectivity index (χ0n) is 31.4. The first-order valence-electron chi connectivity index (χ1n) is 17.8. The Morgan fingerprint density at radius 2 is 0.833 bits per heavy atom. The van der Waals surface area contributed by atoms with Crippen LogP contribution < -0.4 is 5.32 Å². The molecule has 19 nitrogen and oxygen atoms in total. The van der Waals surface area contributed by atoms with E-state index in [2.05, 4.69) is 5.32 Å². The van der Waals surface area contributed by atoms with E-state index in [4.69, 9.17) is 0 Å². The summed E-state index contributed by atoms with van der Waals surface area (Å²) in [4.78, 5) is 81.1. The van der Waals surface area contributed by atoms with Crippen molar-refractivity contribution in [1.29, 1.82) is 0 Å². The number of hydrogen-bond donors (Lipinski definition) is 7. The highest BCUT2D eigenvalue weighted by atomic mass is 16.4. The van der Waals surface area contributed by atoms with Crippen LogP contribution in [0.15, 0.2) is 24.3 Å². The molecule has 1 saturated heterocycles. The van der Waals surface area contributed by atoms with Gasteiger partial charge in [-0.05, 0) is 44.9 Å². The number of nitrogens with one attached hydrogen (secondary N) is 1. The van der Waals surface area contributed by atoms with Gasteiger partial charge in [0.2, 0.25) is 0 Å². The summed E-state index contributed by atoms with van der Waals surface area (Å²) >= 11 is 0. The zero-order valence-corrected chi connectivity index (χ0v) is 31.4. The molecule has 0 spiro atoms. The maximum atomic E-state index is 12.2. The molecule has 0 amide bonds. The molecule has 0 aromatic heterocycles. The van der Waals surface area contributed by atoms with Crippen molar-refractivity contribution in [3.05, 3.63) is 29.8 Å². The second-order valence-corrected chi connectivity index (χ2v) is 14.6. The molecule has 1 unspecified atom stereocenters. The average molecular weight is 768 g/mol.